The molecule has 1 unspecified atom stereocenters. The normalized spacial score (nSPS) is 14.6. The van der Waals surface area contributed by atoms with Gasteiger partial charge in [-0.2, -0.15) is 0 Å². The SMILES string of the molecule is C=CC(/C=C(\C)CCC)CC. The molecular weight excluding hydrogens is 132 g/mol. The maximum Gasteiger partial charge on any atom is -0.00562 e. The van der Waals surface area contributed by atoms with Crippen molar-refractivity contribution in [2.24, 2.45) is 5.92 Å². The van der Waals surface area contributed by atoms with Crippen molar-refractivity contribution in [3.63, 3.8) is 0 Å². The minimum atomic E-state index is 0.585. The minimum absolute atomic E-state index is 0.585. The van der Waals surface area contributed by atoms with Gasteiger partial charge in [0.1, 0.15) is 0 Å². The van der Waals surface area contributed by atoms with Crippen LogP contribution in [0.25, 0.3) is 0 Å². The van der Waals surface area contributed by atoms with Crippen LogP contribution < -0.4 is 0 Å². The monoisotopic (exact) mass is 152 g/mol. The van der Waals surface area contributed by atoms with Crippen LogP contribution in [0.1, 0.15) is 40.0 Å². The van der Waals surface area contributed by atoms with Crippen LogP contribution in [0.4, 0.5) is 0 Å². The van der Waals surface area contributed by atoms with Gasteiger partial charge in [0, 0.05) is 0 Å². The second kappa shape index (κ2) is 6.21. The van der Waals surface area contributed by atoms with Crippen molar-refractivity contribution in [3.05, 3.63) is 24.3 Å². The molecule has 0 rings (SSSR count). The van der Waals surface area contributed by atoms with E-state index in [4.69, 9.17) is 0 Å². The standard InChI is InChI=1S/C11H20/c1-5-8-10(4)9-11(6-2)7-3/h6,9,11H,2,5,7-8H2,1,3-4H3/b10-9+. The van der Waals surface area contributed by atoms with Crippen LogP contribution in [0.2, 0.25) is 0 Å². The maximum atomic E-state index is 3.80. The molecule has 11 heavy (non-hydrogen) atoms. The average Bonchev–Trinajstić information content (AvgIpc) is 2.01. The Balaban J connectivity index is 3.91. The molecular formula is C11H20. The molecule has 0 aliphatic heterocycles. The van der Waals surface area contributed by atoms with Gasteiger partial charge < -0.3 is 0 Å². The third kappa shape index (κ3) is 4.83. The fraction of sp³-hybridized carbons (Fsp3) is 0.636. The summed E-state index contributed by atoms with van der Waals surface area (Å²) in [5.74, 6) is 0.585. The van der Waals surface area contributed by atoms with E-state index in [2.05, 4.69) is 33.4 Å². The molecule has 0 aromatic carbocycles. The van der Waals surface area contributed by atoms with E-state index in [1.165, 1.54) is 24.8 Å². The molecule has 0 bridgehead atoms. The van der Waals surface area contributed by atoms with E-state index in [0.29, 0.717) is 5.92 Å². The second-order valence-corrected chi connectivity index (χ2v) is 3.07. The molecule has 0 aromatic heterocycles. The van der Waals surface area contributed by atoms with E-state index in [0.717, 1.165) is 0 Å². The van der Waals surface area contributed by atoms with Gasteiger partial charge in [0.25, 0.3) is 0 Å². The van der Waals surface area contributed by atoms with Gasteiger partial charge in [0.05, 0.1) is 0 Å². The van der Waals surface area contributed by atoms with Crippen molar-refractivity contribution < 1.29 is 0 Å². The maximum absolute atomic E-state index is 3.80. The average molecular weight is 152 g/mol. The number of rotatable bonds is 5. The quantitative estimate of drug-likeness (QED) is 0.523. The summed E-state index contributed by atoms with van der Waals surface area (Å²) in [6.45, 7) is 10.4. The lowest BCUT2D eigenvalue weighted by Crippen LogP contribution is -1.89. The first-order chi connectivity index (χ1) is 5.24. The highest BCUT2D eigenvalue weighted by Crippen LogP contribution is 2.12. The topological polar surface area (TPSA) is 0 Å². The Labute approximate surface area is 71.0 Å². The van der Waals surface area contributed by atoms with Crippen molar-refractivity contribution in [2.75, 3.05) is 0 Å². The first-order valence-electron chi connectivity index (χ1n) is 4.54. The second-order valence-electron chi connectivity index (χ2n) is 3.07. The molecule has 0 saturated heterocycles. The highest BCUT2D eigenvalue weighted by atomic mass is 14.0. The summed E-state index contributed by atoms with van der Waals surface area (Å²) >= 11 is 0. The molecule has 0 aliphatic carbocycles. The molecule has 0 fully saturated rings. The lowest BCUT2D eigenvalue weighted by Gasteiger charge is -2.04. The van der Waals surface area contributed by atoms with Crippen LogP contribution in [-0.4, -0.2) is 0 Å². The van der Waals surface area contributed by atoms with E-state index < -0.39 is 0 Å². The van der Waals surface area contributed by atoms with Crippen molar-refractivity contribution in [1.82, 2.24) is 0 Å². The minimum Gasteiger partial charge on any atom is -0.102 e. The molecule has 0 amide bonds. The van der Waals surface area contributed by atoms with Crippen LogP contribution in [0.15, 0.2) is 24.3 Å². The number of allylic oxidation sites excluding steroid dienone is 3. The van der Waals surface area contributed by atoms with E-state index in [-0.39, 0.29) is 0 Å². The fourth-order valence-electron chi connectivity index (χ4n) is 1.20. The Hall–Kier alpha value is -0.520. The molecule has 0 heteroatoms. The van der Waals surface area contributed by atoms with Gasteiger partial charge in [0.15, 0.2) is 0 Å². The highest BCUT2D eigenvalue weighted by molar-refractivity contribution is 5.05. The third-order valence-corrected chi connectivity index (χ3v) is 1.92. The van der Waals surface area contributed by atoms with Crippen molar-refractivity contribution >= 4 is 0 Å². The summed E-state index contributed by atoms with van der Waals surface area (Å²) < 4.78 is 0. The van der Waals surface area contributed by atoms with Crippen LogP contribution in [0, 0.1) is 5.92 Å². The van der Waals surface area contributed by atoms with Gasteiger partial charge in [-0.05, 0) is 25.7 Å². The first-order valence-corrected chi connectivity index (χ1v) is 4.54. The lowest BCUT2D eigenvalue weighted by atomic mass is 10.0. The van der Waals surface area contributed by atoms with E-state index >= 15 is 0 Å². The zero-order chi connectivity index (χ0) is 8.69. The van der Waals surface area contributed by atoms with Gasteiger partial charge in [0.2, 0.25) is 0 Å². The predicted octanol–water partition coefficient (Wildman–Crippen LogP) is 3.95. The molecule has 0 nitrogen and oxygen atoms in total. The summed E-state index contributed by atoms with van der Waals surface area (Å²) in [6, 6.07) is 0. The summed E-state index contributed by atoms with van der Waals surface area (Å²) in [5.41, 5.74) is 1.50. The van der Waals surface area contributed by atoms with E-state index in [1.54, 1.807) is 0 Å². The van der Waals surface area contributed by atoms with Gasteiger partial charge in [-0.15, -0.1) is 6.58 Å². The van der Waals surface area contributed by atoms with Crippen LogP contribution in [0.5, 0.6) is 0 Å². The van der Waals surface area contributed by atoms with Crippen LogP contribution in [0.3, 0.4) is 0 Å². The Morgan fingerprint density at radius 2 is 2.09 bits per heavy atom. The molecule has 0 spiro atoms. The van der Waals surface area contributed by atoms with Crippen LogP contribution in [-0.2, 0) is 0 Å². The molecule has 0 aliphatic rings. The largest absolute Gasteiger partial charge is 0.102 e. The van der Waals surface area contributed by atoms with Gasteiger partial charge in [-0.1, -0.05) is 38.0 Å². The Bertz CT molecular complexity index is 131. The lowest BCUT2D eigenvalue weighted by molar-refractivity contribution is 0.757. The molecule has 0 radical (unpaired) electrons. The Morgan fingerprint density at radius 1 is 1.45 bits per heavy atom. The summed E-state index contributed by atoms with van der Waals surface area (Å²) in [4.78, 5) is 0. The molecule has 0 aromatic rings. The Morgan fingerprint density at radius 3 is 2.45 bits per heavy atom. The van der Waals surface area contributed by atoms with Crippen molar-refractivity contribution in [2.45, 2.75) is 40.0 Å². The molecule has 0 saturated carbocycles. The van der Waals surface area contributed by atoms with Gasteiger partial charge in [-0.3, -0.25) is 0 Å². The van der Waals surface area contributed by atoms with Crippen LogP contribution >= 0.6 is 0 Å². The van der Waals surface area contributed by atoms with E-state index in [9.17, 15) is 0 Å². The molecule has 64 valence electrons. The summed E-state index contributed by atoms with van der Waals surface area (Å²) in [6.07, 6.45) is 8.00. The highest BCUT2D eigenvalue weighted by Gasteiger charge is 1.95. The third-order valence-electron chi connectivity index (χ3n) is 1.92. The summed E-state index contributed by atoms with van der Waals surface area (Å²) in [5, 5.41) is 0. The first kappa shape index (κ1) is 10.5. The smallest absolute Gasteiger partial charge is 0.00562 e. The molecule has 0 N–H and O–H groups in total. The van der Waals surface area contributed by atoms with Crippen molar-refractivity contribution in [1.29, 1.82) is 0 Å². The Kier molecular flexibility index (Phi) is 5.91. The number of hydrogen-bond acceptors (Lipinski definition) is 0. The molecule has 1 atom stereocenters. The van der Waals surface area contributed by atoms with Gasteiger partial charge >= 0.3 is 0 Å². The summed E-state index contributed by atoms with van der Waals surface area (Å²) in [7, 11) is 0. The fourth-order valence-corrected chi connectivity index (χ4v) is 1.20. The zero-order valence-electron chi connectivity index (χ0n) is 8.06. The molecule has 0 heterocycles. The van der Waals surface area contributed by atoms with Crippen molar-refractivity contribution in [3.8, 4) is 0 Å². The van der Waals surface area contributed by atoms with E-state index in [1.807, 2.05) is 6.08 Å². The zero-order valence-corrected chi connectivity index (χ0v) is 8.06. The predicted molar refractivity (Wildman–Crippen MR) is 52.6 cm³/mol. The number of hydrogen-bond donors (Lipinski definition) is 0. The van der Waals surface area contributed by atoms with Gasteiger partial charge in [-0.25, -0.2) is 0 Å².